The van der Waals surface area contributed by atoms with E-state index in [2.05, 4.69) is 38.7 Å². The number of carbonyl (C=O) groups excluding carboxylic acids is 8. The lowest BCUT2D eigenvalue weighted by Crippen LogP contribution is -2.60. The highest BCUT2D eigenvalue weighted by molar-refractivity contribution is 5.96. The molecule has 1 saturated heterocycles. The molecule has 0 saturated carbocycles. The third-order valence-corrected chi connectivity index (χ3v) is 15.9. The van der Waals surface area contributed by atoms with Crippen LogP contribution in [0, 0.1) is 10.8 Å². The Morgan fingerprint density at radius 1 is 0.573 bits per heavy atom. The third kappa shape index (κ3) is 16.6. The Balaban J connectivity index is 1.28. The molecule has 9 atom stereocenters. The first-order valence-electron chi connectivity index (χ1n) is 29.1. The van der Waals surface area contributed by atoms with Crippen molar-refractivity contribution in [3.8, 4) is 0 Å². The Labute approximate surface area is 486 Å². The zero-order valence-corrected chi connectivity index (χ0v) is 51.4. The molecular weight excluding hydrogens is 1040 g/mol. The second-order valence-electron chi connectivity index (χ2n) is 26.9. The van der Waals surface area contributed by atoms with Gasteiger partial charge in [0.15, 0.2) is 0 Å². The second kappa shape index (κ2) is 26.1. The van der Waals surface area contributed by atoms with Crippen molar-refractivity contribution in [2.45, 2.75) is 214 Å². The van der Waals surface area contributed by atoms with Crippen LogP contribution in [0.1, 0.15) is 180 Å². The van der Waals surface area contributed by atoms with Gasteiger partial charge in [0.05, 0.1) is 12.1 Å². The highest BCUT2D eigenvalue weighted by atomic mass is 16.6. The highest BCUT2D eigenvalue weighted by Crippen LogP contribution is 2.37. The van der Waals surface area contributed by atoms with Crippen LogP contribution in [-0.4, -0.2) is 130 Å². The van der Waals surface area contributed by atoms with E-state index in [1.165, 1.54) is 29.5 Å². The van der Waals surface area contributed by atoms with Gasteiger partial charge in [-0.05, 0) is 145 Å². The molecule has 0 spiro atoms. The number of benzene rings is 3. The van der Waals surface area contributed by atoms with Crippen LogP contribution in [0.25, 0.3) is 0 Å². The summed E-state index contributed by atoms with van der Waals surface area (Å²) in [6, 6.07) is 16.9. The Morgan fingerprint density at radius 2 is 1.02 bits per heavy atom. The van der Waals surface area contributed by atoms with Gasteiger partial charge in [0, 0.05) is 33.0 Å². The molecule has 0 aromatic heterocycles. The van der Waals surface area contributed by atoms with Crippen molar-refractivity contribution in [1.29, 1.82) is 0 Å². The average Bonchev–Trinajstić information content (AvgIpc) is 3.87. The van der Waals surface area contributed by atoms with E-state index in [1.54, 1.807) is 81.1 Å². The minimum atomic E-state index is -1.12. The summed E-state index contributed by atoms with van der Waals surface area (Å²) < 4.78 is 11.0. The van der Waals surface area contributed by atoms with Crippen LogP contribution in [-0.2, 0) is 57.5 Å². The maximum Gasteiger partial charge on any atom is 0.410 e. The van der Waals surface area contributed by atoms with E-state index in [-0.39, 0.29) is 43.3 Å². The molecule has 0 bridgehead atoms. The number of aryl methyl sites for hydroxylation is 2. The fourth-order valence-corrected chi connectivity index (χ4v) is 10.9. The Morgan fingerprint density at radius 3 is 1.49 bits per heavy atom. The van der Waals surface area contributed by atoms with Crippen LogP contribution in [0.5, 0.6) is 0 Å². The molecule has 2 aliphatic carbocycles. The maximum absolute atomic E-state index is 15.2. The number of hydrogen-bond acceptors (Lipinski definition) is 10. The van der Waals surface area contributed by atoms with Crippen LogP contribution < -0.4 is 26.6 Å². The third-order valence-electron chi connectivity index (χ3n) is 15.9. The zero-order chi connectivity index (χ0) is 60.8. The van der Waals surface area contributed by atoms with E-state index in [0.717, 1.165) is 59.9 Å². The summed E-state index contributed by atoms with van der Waals surface area (Å²) >= 11 is 0. The molecule has 3 aromatic rings. The molecule has 1 fully saturated rings. The second-order valence-corrected chi connectivity index (χ2v) is 26.9. The number of likely N-dealkylation sites (tertiary alicyclic amines) is 1. The molecule has 1 heterocycles. The number of nitrogens with zero attached hydrogens (tertiary/aromatic N) is 3. The van der Waals surface area contributed by atoms with E-state index < -0.39 is 100 Å². The van der Waals surface area contributed by atoms with Gasteiger partial charge in [-0.15, -0.1) is 0 Å². The predicted molar refractivity (Wildman–Crippen MR) is 315 cm³/mol. The van der Waals surface area contributed by atoms with Crippen molar-refractivity contribution >= 4 is 47.6 Å². The van der Waals surface area contributed by atoms with Crippen molar-refractivity contribution in [2.75, 3.05) is 20.6 Å². The van der Waals surface area contributed by atoms with Crippen LogP contribution in [0.15, 0.2) is 72.8 Å². The van der Waals surface area contributed by atoms with Crippen molar-refractivity contribution < 1.29 is 47.8 Å². The number of rotatable bonds is 16. The fraction of sp³-hybridized carbons (Fsp3) is 0.594. The first-order chi connectivity index (χ1) is 38.1. The molecule has 3 aliphatic rings. The van der Waals surface area contributed by atoms with Gasteiger partial charge in [-0.3, -0.25) is 38.6 Å². The molecular formula is C64H92N8O10. The molecule has 18 nitrogen and oxygen atoms in total. The molecule has 82 heavy (non-hydrogen) atoms. The van der Waals surface area contributed by atoms with Crippen molar-refractivity contribution in [2.24, 2.45) is 10.8 Å². The Bertz CT molecular complexity index is 2810. The van der Waals surface area contributed by atoms with Gasteiger partial charge in [-0.2, -0.15) is 0 Å². The monoisotopic (exact) mass is 1130 g/mol. The van der Waals surface area contributed by atoms with Gasteiger partial charge in [-0.1, -0.05) is 114 Å². The van der Waals surface area contributed by atoms with Crippen LogP contribution in [0.4, 0.5) is 9.59 Å². The molecule has 18 heteroatoms. The van der Waals surface area contributed by atoms with Crippen molar-refractivity contribution in [1.82, 2.24) is 41.3 Å². The minimum Gasteiger partial charge on any atom is -0.444 e. The summed E-state index contributed by atoms with van der Waals surface area (Å²) in [7, 11) is 2.93. The van der Waals surface area contributed by atoms with E-state index in [4.69, 9.17) is 9.47 Å². The van der Waals surface area contributed by atoms with Crippen LogP contribution >= 0.6 is 0 Å². The Hall–Kier alpha value is -6.98. The standard InChI is InChI=1S/C64H92N8O10/c1-38(70(15)59(79)81-63(9,10)11)53(73)68-51(61(3,4)5)57(77)67-49(55(75)65-47-29-21-25-42-23-17-19-27-45(42)47)35-40-31-33-41(34-32-40)44-36-50(56(76)66-48-30-22-26-43-24-18-20-28-46(43)48)72(37-44)58(78)52(62(6,7)8)69-54(74)39(2)71(16)60(80)82-64(12,13)14/h17-20,23-24,27-28,31-34,38-39,44,47-52H,21-22,25-26,29-30,35-37H2,1-16H3,(H,65,75)(H,66,76)(H,67,77)(H,68,73)(H,69,74). The zero-order valence-electron chi connectivity index (χ0n) is 51.4. The minimum absolute atomic E-state index is 0.0759. The number of amides is 8. The first kappa shape index (κ1) is 64.2. The number of carbonyl (C=O) groups is 8. The van der Waals surface area contributed by atoms with Gasteiger partial charge >= 0.3 is 12.2 Å². The number of ether oxygens (including phenoxy) is 2. The van der Waals surface area contributed by atoms with E-state index in [1.807, 2.05) is 81.4 Å². The van der Waals surface area contributed by atoms with Crippen molar-refractivity contribution in [3.05, 3.63) is 106 Å². The summed E-state index contributed by atoms with van der Waals surface area (Å²) in [5.74, 6) is -3.18. The van der Waals surface area contributed by atoms with Gasteiger partial charge < -0.3 is 41.0 Å². The van der Waals surface area contributed by atoms with Gasteiger partial charge in [-0.25, -0.2) is 9.59 Å². The van der Waals surface area contributed by atoms with E-state index in [0.29, 0.717) is 6.42 Å². The molecule has 1 aliphatic heterocycles. The summed E-state index contributed by atoms with van der Waals surface area (Å²) in [6.45, 7) is 24.6. The lowest BCUT2D eigenvalue weighted by molar-refractivity contribution is -0.144. The topological polar surface area (TPSA) is 225 Å². The SMILES string of the molecule is CC(C(=O)NC(C(=O)NC(Cc1ccc(C2CC(C(=O)NC3CCCc4ccccc43)N(C(=O)C(NC(=O)C(C)N(C)C(=O)OC(C)(C)C)C(C)(C)C)C2)cc1)C(=O)NC1CCCc2ccccc21)C(C)(C)C)N(C)C(=O)OC(C)(C)C. The Kier molecular flexibility index (Phi) is 20.4. The molecule has 6 rings (SSSR count). The van der Waals surface area contributed by atoms with Crippen molar-refractivity contribution in [3.63, 3.8) is 0 Å². The molecule has 9 unspecified atom stereocenters. The maximum atomic E-state index is 15.2. The highest BCUT2D eigenvalue weighted by Gasteiger charge is 2.47. The number of likely N-dealkylation sites (N-methyl/N-ethyl adjacent to an activating group) is 2. The predicted octanol–water partition coefficient (Wildman–Crippen LogP) is 8.36. The molecule has 8 amide bonds. The lowest BCUT2D eigenvalue weighted by atomic mass is 9.85. The van der Waals surface area contributed by atoms with E-state index in [9.17, 15) is 33.6 Å². The fourth-order valence-electron chi connectivity index (χ4n) is 10.9. The summed E-state index contributed by atoms with van der Waals surface area (Å²) in [5.41, 5.74) is 2.70. The largest absolute Gasteiger partial charge is 0.444 e. The van der Waals surface area contributed by atoms with Gasteiger partial charge in [0.1, 0.15) is 47.5 Å². The molecule has 5 N–H and O–H groups in total. The average molecular weight is 1130 g/mol. The summed E-state index contributed by atoms with van der Waals surface area (Å²) in [5, 5.41) is 15.4. The number of hydrogen-bond donors (Lipinski definition) is 5. The number of nitrogens with one attached hydrogen (secondary N) is 5. The summed E-state index contributed by atoms with van der Waals surface area (Å²) in [6.07, 6.45) is 3.97. The molecule has 0 radical (unpaired) electrons. The van der Waals surface area contributed by atoms with E-state index >= 15 is 4.79 Å². The van der Waals surface area contributed by atoms with Gasteiger partial charge in [0.2, 0.25) is 35.4 Å². The van der Waals surface area contributed by atoms with Crippen LogP contribution in [0.3, 0.4) is 0 Å². The molecule has 448 valence electrons. The molecule has 3 aromatic carbocycles. The lowest BCUT2D eigenvalue weighted by Gasteiger charge is -2.37. The van der Waals surface area contributed by atoms with Crippen LogP contribution in [0.2, 0.25) is 0 Å². The number of fused-ring (bicyclic) bond motifs is 2. The van der Waals surface area contributed by atoms with Gasteiger partial charge in [0.25, 0.3) is 0 Å². The quantitative estimate of drug-likeness (QED) is 0.0922. The normalized spacial score (nSPS) is 20.0. The first-order valence-corrected chi connectivity index (χ1v) is 29.1. The smallest absolute Gasteiger partial charge is 0.410 e. The summed E-state index contributed by atoms with van der Waals surface area (Å²) in [4.78, 5) is 117.